The molecule has 0 fully saturated rings. The molecule has 0 saturated heterocycles. The highest BCUT2D eigenvalue weighted by Crippen LogP contribution is 2.26. The number of carboxylic acid groups (broad SMARTS) is 1. The van der Waals surface area contributed by atoms with Gasteiger partial charge in [-0.2, -0.15) is 0 Å². The van der Waals surface area contributed by atoms with Crippen molar-refractivity contribution in [1.82, 2.24) is 4.90 Å². The summed E-state index contributed by atoms with van der Waals surface area (Å²) in [5.74, 6) is -0.367. The molecule has 0 aliphatic heterocycles. The highest BCUT2D eigenvalue weighted by atomic mass is 32.1. The van der Waals surface area contributed by atoms with Gasteiger partial charge in [0.15, 0.2) is 0 Å². The van der Waals surface area contributed by atoms with E-state index < -0.39 is 12.2 Å². The highest BCUT2D eigenvalue weighted by molar-refractivity contribution is 7.10. The lowest BCUT2D eigenvalue weighted by Gasteiger charge is -2.22. The number of amides is 1. The number of esters is 1. The fraction of sp³-hybridized carbons (Fsp3) is 0.294. The molecule has 0 bridgehead atoms. The molecule has 1 amide bonds. The molecule has 0 aliphatic rings. The van der Waals surface area contributed by atoms with Gasteiger partial charge in [0.1, 0.15) is 6.10 Å². The third-order valence-corrected chi connectivity index (χ3v) is 4.28. The number of ether oxygens (including phenoxy) is 1. The van der Waals surface area contributed by atoms with E-state index in [9.17, 15) is 14.7 Å². The van der Waals surface area contributed by atoms with Gasteiger partial charge in [0, 0.05) is 31.3 Å². The largest absolute Gasteiger partial charge is 0.465 e. The average molecular weight is 333 g/mol. The van der Waals surface area contributed by atoms with E-state index >= 15 is 0 Å². The molecule has 0 aliphatic carbocycles. The molecule has 6 heteroatoms. The number of hydrogen-bond acceptors (Lipinski definition) is 4. The zero-order valence-corrected chi connectivity index (χ0v) is 13.7. The smallest absolute Gasteiger partial charge is 0.407 e. The van der Waals surface area contributed by atoms with Gasteiger partial charge in [-0.15, -0.1) is 11.3 Å². The lowest BCUT2D eigenvalue weighted by Crippen LogP contribution is -2.31. The summed E-state index contributed by atoms with van der Waals surface area (Å²) in [5, 5.41) is 11.3. The van der Waals surface area contributed by atoms with Crippen molar-refractivity contribution < 1.29 is 19.4 Å². The number of benzene rings is 1. The minimum absolute atomic E-state index is 0.292. The van der Waals surface area contributed by atoms with Crippen LogP contribution in [0, 0.1) is 0 Å². The molecule has 2 aromatic rings. The van der Waals surface area contributed by atoms with E-state index in [0.717, 1.165) is 10.4 Å². The molecule has 1 atom stereocenters. The van der Waals surface area contributed by atoms with Crippen LogP contribution in [0.2, 0.25) is 0 Å². The van der Waals surface area contributed by atoms with Crippen molar-refractivity contribution in [2.45, 2.75) is 26.0 Å². The second-order valence-corrected chi connectivity index (χ2v) is 6.07. The van der Waals surface area contributed by atoms with E-state index in [2.05, 4.69) is 0 Å². The van der Waals surface area contributed by atoms with E-state index in [1.165, 1.54) is 23.2 Å². The first-order valence-electron chi connectivity index (χ1n) is 7.28. The van der Waals surface area contributed by atoms with Crippen molar-refractivity contribution in [3.63, 3.8) is 0 Å². The number of nitrogens with zero attached hydrogens (tertiary/aromatic N) is 1. The highest BCUT2D eigenvalue weighted by Gasteiger charge is 2.20. The van der Waals surface area contributed by atoms with E-state index in [4.69, 9.17) is 4.74 Å². The topological polar surface area (TPSA) is 66.8 Å². The van der Waals surface area contributed by atoms with Crippen LogP contribution in [0.5, 0.6) is 0 Å². The molecule has 1 aromatic carbocycles. The number of carbonyl (C=O) groups is 2. The second kappa shape index (κ2) is 8.33. The van der Waals surface area contributed by atoms with Crippen LogP contribution >= 0.6 is 11.3 Å². The van der Waals surface area contributed by atoms with Crippen LogP contribution in [-0.2, 0) is 16.1 Å². The molecule has 0 saturated carbocycles. The first kappa shape index (κ1) is 17.0. The SMILES string of the molecule is CC(=O)OC(CCN(Cc1ccccc1)C(=O)O)c1cccs1. The number of thiophene rings is 1. The van der Waals surface area contributed by atoms with Crippen LogP contribution in [-0.4, -0.2) is 28.6 Å². The molecule has 2 rings (SSSR count). The second-order valence-electron chi connectivity index (χ2n) is 5.09. The fourth-order valence-corrected chi connectivity index (χ4v) is 3.04. The Morgan fingerprint density at radius 1 is 1.22 bits per heavy atom. The first-order chi connectivity index (χ1) is 11.1. The lowest BCUT2D eigenvalue weighted by atomic mass is 10.2. The zero-order chi connectivity index (χ0) is 16.7. The summed E-state index contributed by atoms with van der Waals surface area (Å²) in [7, 11) is 0. The molecule has 1 aromatic heterocycles. The Balaban J connectivity index is 2.01. The van der Waals surface area contributed by atoms with Crippen LogP contribution in [0.1, 0.15) is 29.9 Å². The molecule has 1 N–H and O–H groups in total. The Bertz CT molecular complexity index is 627. The standard InChI is InChI=1S/C17H19NO4S/c1-13(19)22-15(16-8-5-11-23-16)9-10-18(17(20)21)12-14-6-3-2-4-7-14/h2-8,11,15H,9-10,12H2,1H3,(H,20,21). The molecule has 0 spiro atoms. The van der Waals surface area contributed by atoms with Gasteiger partial charge < -0.3 is 14.7 Å². The van der Waals surface area contributed by atoms with Gasteiger partial charge >= 0.3 is 12.1 Å². The summed E-state index contributed by atoms with van der Waals surface area (Å²) in [5.41, 5.74) is 0.926. The number of carbonyl (C=O) groups excluding carboxylic acids is 1. The van der Waals surface area contributed by atoms with Crippen LogP contribution in [0.4, 0.5) is 4.79 Å². The summed E-state index contributed by atoms with van der Waals surface area (Å²) in [6.07, 6.45) is -0.967. The van der Waals surface area contributed by atoms with Crippen molar-refractivity contribution >= 4 is 23.4 Å². The Kier molecular flexibility index (Phi) is 6.17. The lowest BCUT2D eigenvalue weighted by molar-refractivity contribution is -0.147. The molecule has 122 valence electrons. The first-order valence-corrected chi connectivity index (χ1v) is 8.16. The number of rotatable bonds is 7. The Morgan fingerprint density at radius 3 is 2.52 bits per heavy atom. The van der Waals surface area contributed by atoms with Crippen molar-refractivity contribution in [3.8, 4) is 0 Å². The van der Waals surface area contributed by atoms with E-state index in [0.29, 0.717) is 19.5 Å². The van der Waals surface area contributed by atoms with Crippen molar-refractivity contribution in [2.24, 2.45) is 0 Å². The van der Waals surface area contributed by atoms with Gasteiger partial charge in [0.25, 0.3) is 0 Å². The minimum Gasteiger partial charge on any atom is -0.465 e. The van der Waals surface area contributed by atoms with Gasteiger partial charge in [-0.25, -0.2) is 4.79 Å². The van der Waals surface area contributed by atoms with Gasteiger partial charge in [-0.05, 0) is 17.0 Å². The summed E-state index contributed by atoms with van der Waals surface area (Å²) in [4.78, 5) is 25.0. The third kappa shape index (κ3) is 5.41. The van der Waals surface area contributed by atoms with Gasteiger partial charge in [-0.1, -0.05) is 36.4 Å². The summed E-state index contributed by atoms with van der Waals surface area (Å²) >= 11 is 1.49. The maximum absolute atomic E-state index is 11.4. The van der Waals surface area contributed by atoms with Crippen molar-refractivity contribution in [3.05, 3.63) is 58.3 Å². The van der Waals surface area contributed by atoms with Crippen LogP contribution < -0.4 is 0 Å². The molecule has 1 heterocycles. The summed E-state index contributed by atoms with van der Waals surface area (Å²) < 4.78 is 5.33. The number of hydrogen-bond donors (Lipinski definition) is 1. The maximum Gasteiger partial charge on any atom is 0.407 e. The maximum atomic E-state index is 11.4. The quantitative estimate of drug-likeness (QED) is 0.780. The van der Waals surface area contributed by atoms with Crippen molar-refractivity contribution in [2.75, 3.05) is 6.54 Å². The molecule has 0 radical (unpaired) electrons. The monoisotopic (exact) mass is 333 g/mol. The zero-order valence-electron chi connectivity index (χ0n) is 12.8. The molecule has 23 heavy (non-hydrogen) atoms. The average Bonchev–Trinajstić information content (AvgIpc) is 3.04. The molecular weight excluding hydrogens is 314 g/mol. The van der Waals surface area contributed by atoms with E-state index in [-0.39, 0.29) is 5.97 Å². The minimum atomic E-state index is -0.985. The van der Waals surface area contributed by atoms with E-state index in [1.807, 2.05) is 47.8 Å². The van der Waals surface area contributed by atoms with Crippen LogP contribution in [0.3, 0.4) is 0 Å². The molecule has 5 nitrogen and oxygen atoms in total. The van der Waals surface area contributed by atoms with Gasteiger partial charge in [0.05, 0.1) is 0 Å². The van der Waals surface area contributed by atoms with E-state index in [1.54, 1.807) is 0 Å². The predicted octanol–water partition coefficient (Wildman–Crippen LogP) is 3.92. The third-order valence-electron chi connectivity index (χ3n) is 3.32. The Labute approximate surface area is 139 Å². The Morgan fingerprint density at radius 2 is 1.96 bits per heavy atom. The van der Waals surface area contributed by atoms with Crippen LogP contribution in [0.25, 0.3) is 0 Å². The Hall–Kier alpha value is -2.34. The van der Waals surface area contributed by atoms with Crippen LogP contribution in [0.15, 0.2) is 47.8 Å². The summed E-state index contributed by atoms with van der Waals surface area (Å²) in [6, 6.07) is 13.2. The normalized spacial score (nSPS) is 11.7. The van der Waals surface area contributed by atoms with Gasteiger partial charge in [0.2, 0.25) is 0 Å². The molecule has 1 unspecified atom stereocenters. The predicted molar refractivity (Wildman–Crippen MR) is 88.3 cm³/mol. The molecular formula is C17H19NO4S. The fourth-order valence-electron chi connectivity index (χ4n) is 2.25. The van der Waals surface area contributed by atoms with Gasteiger partial charge in [-0.3, -0.25) is 4.79 Å². The summed E-state index contributed by atoms with van der Waals surface area (Å²) in [6.45, 7) is 1.97. The van der Waals surface area contributed by atoms with Crippen molar-refractivity contribution in [1.29, 1.82) is 0 Å².